The molecule has 2 heterocycles. The molecule has 216 valence electrons. The fourth-order valence-electron chi connectivity index (χ4n) is 6.30. The number of hydrogen-bond acceptors (Lipinski definition) is 4. The largest absolute Gasteiger partial charge is 0.391 e. The molecule has 1 aliphatic heterocycles. The van der Waals surface area contributed by atoms with Gasteiger partial charge in [-0.1, -0.05) is 104 Å². The molecule has 4 aromatic rings. The minimum Gasteiger partial charge on any atom is -0.391 e. The van der Waals surface area contributed by atoms with Crippen molar-refractivity contribution in [1.29, 1.82) is 0 Å². The van der Waals surface area contributed by atoms with E-state index in [2.05, 4.69) is 17.0 Å². The van der Waals surface area contributed by atoms with E-state index in [1.807, 2.05) is 70.1 Å². The summed E-state index contributed by atoms with van der Waals surface area (Å²) in [7, 11) is 0. The van der Waals surface area contributed by atoms with Crippen molar-refractivity contribution in [3.8, 4) is 11.3 Å². The monoisotopic (exact) mass is 564 g/mol. The van der Waals surface area contributed by atoms with Gasteiger partial charge in [0.1, 0.15) is 5.82 Å². The van der Waals surface area contributed by atoms with E-state index in [-0.39, 0.29) is 23.8 Å². The zero-order valence-electron chi connectivity index (χ0n) is 23.7. The van der Waals surface area contributed by atoms with Crippen LogP contribution in [0.25, 0.3) is 17.3 Å². The average molecular weight is 565 g/mol. The van der Waals surface area contributed by atoms with E-state index in [9.17, 15) is 14.3 Å². The number of aliphatic hydroxyl groups is 1. The number of piperazine rings is 1. The maximum absolute atomic E-state index is 14.5. The van der Waals surface area contributed by atoms with Crippen LogP contribution in [0.1, 0.15) is 53.3 Å². The lowest BCUT2D eigenvalue weighted by molar-refractivity contribution is 0.0520. The first-order valence-corrected chi connectivity index (χ1v) is 14.9. The number of amides is 1. The summed E-state index contributed by atoms with van der Waals surface area (Å²) >= 11 is 0. The maximum atomic E-state index is 14.5. The molecule has 2 aliphatic rings. The quantitative estimate of drug-likeness (QED) is 0.290. The maximum Gasteiger partial charge on any atom is 0.275 e. The fourth-order valence-corrected chi connectivity index (χ4v) is 6.30. The number of rotatable bonds is 7. The third kappa shape index (κ3) is 6.08. The number of nitrogens with zero attached hydrogens (tertiary/aromatic N) is 4. The van der Waals surface area contributed by atoms with Crippen molar-refractivity contribution in [2.75, 3.05) is 19.6 Å². The predicted molar refractivity (Wildman–Crippen MR) is 163 cm³/mol. The average Bonchev–Trinajstić information content (AvgIpc) is 3.47. The van der Waals surface area contributed by atoms with Crippen LogP contribution < -0.4 is 0 Å². The topological polar surface area (TPSA) is 61.6 Å². The van der Waals surface area contributed by atoms with Crippen LogP contribution in [0.2, 0.25) is 0 Å². The lowest BCUT2D eigenvalue weighted by Crippen LogP contribution is -2.54. The van der Waals surface area contributed by atoms with Gasteiger partial charge in [-0.05, 0) is 24.5 Å². The fraction of sp³-hybridized carbons (Fsp3) is 0.314. The number of aromatic nitrogens is 2. The van der Waals surface area contributed by atoms with Gasteiger partial charge in [-0.3, -0.25) is 9.69 Å². The molecule has 6 nitrogen and oxygen atoms in total. The minimum atomic E-state index is -0.476. The van der Waals surface area contributed by atoms with E-state index < -0.39 is 6.10 Å². The molecule has 2 fully saturated rings. The standard InChI is InChI=1S/C35H37FN4O2/c36-30-16-8-7-13-27(30)19-20-29-24-38(23-26-11-3-1-4-12-26)21-22-39(29)35(42)33-34(28-14-5-2-6-15-28)40(25-37-33)31-17-9-10-18-32(31)41/h1-8,11-16,19-20,25,29,31-32,41H,9-10,17-18,21-24H2/b20-19+/t29-,31+,32-/m1/s1. The van der Waals surface area contributed by atoms with Crippen molar-refractivity contribution in [3.63, 3.8) is 0 Å². The van der Waals surface area contributed by atoms with Gasteiger partial charge in [-0.25, -0.2) is 9.37 Å². The van der Waals surface area contributed by atoms with Gasteiger partial charge in [0.05, 0.1) is 30.2 Å². The highest BCUT2D eigenvalue weighted by atomic mass is 19.1. The number of halogens is 1. The molecule has 1 aliphatic carbocycles. The van der Waals surface area contributed by atoms with Crippen molar-refractivity contribution in [2.45, 2.75) is 50.4 Å². The Labute approximate surface area is 246 Å². The molecule has 3 atom stereocenters. The number of hydrogen-bond donors (Lipinski definition) is 1. The molecular weight excluding hydrogens is 527 g/mol. The Morgan fingerprint density at radius 2 is 1.64 bits per heavy atom. The number of aliphatic hydroxyl groups excluding tert-OH is 1. The number of benzene rings is 3. The van der Waals surface area contributed by atoms with E-state index in [1.54, 1.807) is 24.5 Å². The molecule has 0 bridgehead atoms. The van der Waals surface area contributed by atoms with E-state index in [0.717, 1.165) is 43.5 Å². The molecule has 0 radical (unpaired) electrons. The van der Waals surface area contributed by atoms with Crippen LogP contribution in [0.4, 0.5) is 4.39 Å². The Kier molecular flexibility index (Phi) is 8.58. The molecule has 1 N–H and O–H groups in total. The van der Waals surface area contributed by atoms with Crippen LogP contribution in [-0.4, -0.2) is 62.1 Å². The highest BCUT2D eigenvalue weighted by Gasteiger charge is 2.35. The van der Waals surface area contributed by atoms with Crippen LogP contribution in [0.3, 0.4) is 0 Å². The van der Waals surface area contributed by atoms with E-state index >= 15 is 0 Å². The first-order valence-electron chi connectivity index (χ1n) is 14.9. The summed E-state index contributed by atoms with van der Waals surface area (Å²) in [4.78, 5) is 23.3. The summed E-state index contributed by atoms with van der Waals surface area (Å²) in [5.74, 6) is -0.444. The summed E-state index contributed by atoms with van der Waals surface area (Å²) in [5, 5.41) is 10.9. The van der Waals surface area contributed by atoms with Crippen molar-refractivity contribution in [3.05, 3.63) is 120 Å². The Morgan fingerprint density at radius 3 is 2.40 bits per heavy atom. The highest BCUT2D eigenvalue weighted by molar-refractivity contribution is 5.98. The smallest absolute Gasteiger partial charge is 0.275 e. The van der Waals surface area contributed by atoms with Crippen LogP contribution in [0, 0.1) is 5.82 Å². The predicted octanol–water partition coefficient (Wildman–Crippen LogP) is 6.21. The van der Waals surface area contributed by atoms with Crippen LogP contribution >= 0.6 is 0 Å². The Morgan fingerprint density at radius 1 is 0.929 bits per heavy atom. The zero-order valence-corrected chi connectivity index (χ0v) is 23.7. The van der Waals surface area contributed by atoms with Gasteiger partial charge in [-0.15, -0.1) is 0 Å². The molecule has 1 amide bonds. The van der Waals surface area contributed by atoms with Gasteiger partial charge in [0.15, 0.2) is 5.69 Å². The Bertz CT molecular complexity index is 1520. The first-order chi connectivity index (χ1) is 20.6. The van der Waals surface area contributed by atoms with Crippen molar-refractivity contribution >= 4 is 12.0 Å². The van der Waals surface area contributed by atoms with Crippen molar-refractivity contribution < 1.29 is 14.3 Å². The van der Waals surface area contributed by atoms with Gasteiger partial charge >= 0.3 is 0 Å². The second-order valence-corrected chi connectivity index (χ2v) is 11.3. The summed E-state index contributed by atoms with van der Waals surface area (Å²) in [6, 6.07) is 26.4. The normalized spacial score (nSPS) is 21.6. The summed E-state index contributed by atoms with van der Waals surface area (Å²) in [5.41, 5.74) is 3.74. The molecule has 3 aromatic carbocycles. The number of imidazole rings is 1. The molecular formula is C35H37FN4O2. The van der Waals surface area contributed by atoms with E-state index in [4.69, 9.17) is 4.98 Å². The third-order valence-electron chi connectivity index (χ3n) is 8.51. The molecule has 0 unspecified atom stereocenters. The van der Waals surface area contributed by atoms with Gasteiger partial charge in [-0.2, -0.15) is 0 Å². The molecule has 7 heteroatoms. The van der Waals surface area contributed by atoms with E-state index in [1.165, 1.54) is 11.6 Å². The summed E-state index contributed by atoms with van der Waals surface area (Å²) in [6.07, 6.45) is 8.59. The van der Waals surface area contributed by atoms with Crippen LogP contribution in [0.15, 0.2) is 97.3 Å². The van der Waals surface area contributed by atoms with Gasteiger partial charge < -0.3 is 14.6 Å². The van der Waals surface area contributed by atoms with Crippen LogP contribution in [-0.2, 0) is 6.54 Å². The van der Waals surface area contributed by atoms with Crippen molar-refractivity contribution in [1.82, 2.24) is 19.4 Å². The lowest BCUT2D eigenvalue weighted by Gasteiger charge is -2.40. The number of carbonyl (C=O) groups excluding carboxylic acids is 1. The first kappa shape index (κ1) is 28.1. The molecule has 6 rings (SSSR count). The van der Waals surface area contributed by atoms with Gasteiger partial charge in [0, 0.05) is 37.3 Å². The molecule has 1 saturated carbocycles. The van der Waals surface area contributed by atoms with E-state index in [0.29, 0.717) is 30.9 Å². The second kappa shape index (κ2) is 12.8. The minimum absolute atomic E-state index is 0.123. The van der Waals surface area contributed by atoms with Crippen LogP contribution in [0.5, 0.6) is 0 Å². The van der Waals surface area contributed by atoms with Gasteiger partial charge in [0.2, 0.25) is 0 Å². The second-order valence-electron chi connectivity index (χ2n) is 11.3. The SMILES string of the molecule is O=C(c1ncn([C@H]2CCCC[C@H]2O)c1-c1ccccc1)N1CCN(Cc2ccccc2)C[C@H]1/C=C/c1ccccc1F. The Balaban J connectivity index is 1.34. The highest BCUT2D eigenvalue weighted by Crippen LogP contribution is 2.35. The third-order valence-corrected chi connectivity index (χ3v) is 8.51. The molecule has 0 spiro atoms. The van der Waals surface area contributed by atoms with Gasteiger partial charge in [0.25, 0.3) is 5.91 Å². The molecule has 1 saturated heterocycles. The number of carbonyl (C=O) groups is 1. The molecule has 42 heavy (non-hydrogen) atoms. The lowest BCUT2D eigenvalue weighted by atomic mass is 9.92. The zero-order chi connectivity index (χ0) is 28.9. The molecule has 1 aromatic heterocycles. The summed E-state index contributed by atoms with van der Waals surface area (Å²) < 4.78 is 16.5. The van der Waals surface area contributed by atoms with Crippen molar-refractivity contribution in [2.24, 2.45) is 0 Å². The summed E-state index contributed by atoms with van der Waals surface area (Å²) in [6.45, 7) is 2.63. The Hall–Kier alpha value is -4.07.